The number of nitrogens with one attached hydrogen (secondary N) is 2. The van der Waals surface area contributed by atoms with Gasteiger partial charge >= 0.3 is 0 Å². The quantitative estimate of drug-likeness (QED) is 0.232. The van der Waals surface area contributed by atoms with Gasteiger partial charge in [-0.2, -0.15) is 4.98 Å². The van der Waals surface area contributed by atoms with Crippen LogP contribution in [0.4, 0.5) is 23.0 Å². The summed E-state index contributed by atoms with van der Waals surface area (Å²) >= 11 is 6.36. The highest BCUT2D eigenvalue weighted by Gasteiger charge is 2.17. The van der Waals surface area contributed by atoms with Gasteiger partial charge in [0.1, 0.15) is 23.1 Å². The maximum Gasteiger partial charge on any atom is 0.250 e. The minimum Gasteiger partial charge on any atom is -0.494 e. The second-order valence-corrected chi connectivity index (χ2v) is 10.2. The molecule has 11 heteroatoms. The van der Waals surface area contributed by atoms with E-state index in [1.165, 1.54) is 6.20 Å². The zero-order chi connectivity index (χ0) is 29.3. The standard InChI is InChI=1S/C31H33ClN6O4/c1-37-13-15-38(16-14-37)24-11-12-27(28(18-24)40-2)35-31-33-19-26(32)30(36-31)42-25-10-6-9-23(17-25)34-29(39)21-41-20-22-7-4-3-5-8-22/h3-12,17-19H,13-16,20-21H2,1-2H3,(H,34,39)(H,33,35,36). The number of hydrogen-bond acceptors (Lipinski definition) is 9. The molecule has 1 amide bonds. The molecule has 1 aromatic heterocycles. The Labute approximate surface area is 250 Å². The Morgan fingerprint density at radius 1 is 1.00 bits per heavy atom. The number of piperazine rings is 1. The molecule has 5 rings (SSSR count). The lowest BCUT2D eigenvalue weighted by molar-refractivity contribution is -0.121. The van der Waals surface area contributed by atoms with Gasteiger partial charge in [0.15, 0.2) is 0 Å². The molecule has 4 aromatic rings. The normalized spacial score (nSPS) is 13.5. The molecule has 0 saturated carbocycles. The highest BCUT2D eigenvalue weighted by molar-refractivity contribution is 6.31. The summed E-state index contributed by atoms with van der Waals surface area (Å²) in [6, 6.07) is 22.6. The van der Waals surface area contributed by atoms with Crippen molar-refractivity contribution in [1.82, 2.24) is 14.9 Å². The van der Waals surface area contributed by atoms with Crippen LogP contribution >= 0.6 is 11.6 Å². The summed E-state index contributed by atoms with van der Waals surface area (Å²) in [6.45, 7) is 4.23. The van der Waals surface area contributed by atoms with E-state index in [1.54, 1.807) is 31.4 Å². The van der Waals surface area contributed by atoms with Crippen molar-refractivity contribution in [3.63, 3.8) is 0 Å². The molecule has 0 aliphatic carbocycles. The molecular weight excluding hydrogens is 556 g/mol. The highest BCUT2D eigenvalue weighted by atomic mass is 35.5. The molecule has 0 bridgehead atoms. The van der Waals surface area contributed by atoms with Crippen molar-refractivity contribution in [3.8, 4) is 17.4 Å². The summed E-state index contributed by atoms with van der Waals surface area (Å²) in [7, 11) is 3.76. The van der Waals surface area contributed by atoms with Crippen molar-refractivity contribution in [1.29, 1.82) is 0 Å². The number of ether oxygens (including phenoxy) is 3. The van der Waals surface area contributed by atoms with Crippen LogP contribution in [0.1, 0.15) is 5.56 Å². The van der Waals surface area contributed by atoms with Crippen molar-refractivity contribution in [2.75, 3.05) is 62.5 Å². The predicted molar refractivity (Wildman–Crippen MR) is 164 cm³/mol. The number of likely N-dealkylation sites (N-methyl/N-ethyl adjacent to an activating group) is 1. The lowest BCUT2D eigenvalue weighted by Crippen LogP contribution is -2.44. The Morgan fingerprint density at radius 2 is 1.81 bits per heavy atom. The molecule has 1 aliphatic rings. The highest BCUT2D eigenvalue weighted by Crippen LogP contribution is 2.34. The Morgan fingerprint density at radius 3 is 2.60 bits per heavy atom. The van der Waals surface area contributed by atoms with E-state index in [4.69, 9.17) is 25.8 Å². The fourth-order valence-electron chi connectivity index (χ4n) is 4.43. The molecule has 2 heterocycles. The van der Waals surface area contributed by atoms with Gasteiger partial charge in [-0.15, -0.1) is 0 Å². The lowest BCUT2D eigenvalue weighted by atomic mass is 10.2. The number of methoxy groups -OCH3 is 1. The van der Waals surface area contributed by atoms with Crippen LogP contribution in [0.5, 0.6) is 17.4 Å². The Bertz CT molecular complexity index is 1500. The molecule has 42 heavy (non-hydrogen) atoms. The van der Waals surface area contributed by atoms with E-state index in [0.29, 0.717) is 35.4 Å². The van der Waals surface area contributed by atoms with Crippen LogP contribution in [0.2, 0.25) is 5.02 Å². The van der Waals surface area contributed by atoms with Gasteiger partial charge in [0.05, 0.1) is 25.6 Å². The van der Waals surface area contributed by atoms with E-state index < -0.39 is 0 Å². The summed E-state index contributed by atoms with van der Waals surface area (Å²) in [5.74, 6) is 1.29. The third-order valence-electron chi connectivity index (χ3n) is 6.69. The number of aromatic nitrogens is 2. The van der Waals surface area contributed by atoms with Gasteiger partial charge in [0, 0.05) is 49.7 Å². The molecular formula is C31H33ClN6O4. The first-order valence-corrected chi connectivity index (χ1v) is 13.9. The number of halogens is 1. The van der Waals surface area contributed by atoms with Crippen LogP contribution in [0.25, 0.3) is 0 Å². The second-order valence-electron chi connectivity index (χ2n) is 9.80. The van der Waals surface area contributed by atoms with Crippen molar-refractivity contribution in [2.24, 2.45) is 0 Å². The van der Waals surface area contributed by atoms with Crippen LogP contribution in [0.15, 0.2) is 79.0 Å². The van der Waals surface area contributed by atoms with Crippen molar-refractivity contribution in [2.45, 2.75) is 6.61 Å². The Hall–Kier alpha value is -4.38. The molecule has 0 spiro atoms. The van der Waals surface area contributed by atoms with Crippen LogP contribution in [-0.4, -0.2) is 67.7 Å². The van der Waals surface area contributed by atoms with Crippen molar-refractivity contribution >= 4 is 40.5 Å². The molecule has 218 valence electrons. The van der Waals surface area contributed by atoms with Gasteiger partial charge in [0.25, 0.3) is 0 Å². The van der Waals surface area contributed by atoms with E-state index in [9.17, 15) is 4.79 Å². The number of anilines is 4. The summed E-state index contributed by atoms with van der Waals surface area (Å²) in [6.07, 6.45) is 1.47. The number of amides is 1. The first kappa shape index (κ1) is 29.1. The van der Waals surface area contributed by atoms with Crippen molar-refractivity contribution in [3.05, 3.63) is 89.6 Å². The molecule has 2 N–H and O–H groups in total. The van der Waals surface area contributed by atoms with Crippen LogP contribution in [0, 0.1) is 0 Å². The Balaban J connectivity index is 1.21. The molecule has 0 atom stereocenters. The number of nitrogens with zero attached hydrogens (tertiary/aromatic N) is 4. The Kier molecular flexibility index (Phi) is 9.70. The summed E-state index contributed by atoms with van der Waals surface area (Å²) < 4.78 is 17.1. The molecule has 10 nitrogen and oxygen atoms in total. The van der Waals surface area contributed by atoms with E-state index in [-0.39, 0.29) is 23.4 Å². The van der Waals surface area contributed by atoms with Crippen LogP contribution in [0.3, 0.4) is 0 Å². The van der Waals surface area contributed by atoms with Crippen LogP contribution < -0.4 is 25.0 Å². The number of rotatable bonds is 11. The average Bonchev–Trinajstić information content (AvgIpc) is 3.00. The second kappa shape index (κ2) is 14.0. The first-order valence-electron chi connectivity index (χ1n) is 13.6. The van der Waals surface area contributed by atoms with Gasteiger partial charge in [-0.05, 0) is 36.9 Å². The zero-order valence-corrected chi connectivity index (χ0v) is 24.3. The van der Waals surface area contributed by atoms with Crippen LogP contribution in [-0.2, 0) is 16.1 Å². The number of carbonyl (C=O) groups excluding carboxylic acids is 1. The van der Waals surface area contributed by atoms with E-state index in [1.807, 2.05) is 42.5 Å². The van der Waals surface area contributed by atoms with Crippen molar-refractivity contribution < 1.29 is 19.0 Å². The van der Waals surface area contributed by atoms with Gasteiger partial charge in [-0.1, -0.05) is 48.0 Å². The number of carbonyl (C=O) groups is 1. The molecule has 1 saturated heterocycles. The maximum atomic E-state index is 12.4. The van der Waals surface area contributed by atoms with Gasteiger partial charge in [-0.25, -0.2) is 4.98 Å². The van der Waals surface area contributed by atoms with Gasteiger partial charge < -0.3 is 34.6 Å². The van der Waals surface area contributed by atoms with Gasteiger partial charge in [-0.3, -0.25) is 4.79 Å². The summed E-state index contributed by atoms with van der Waals surface area (Å²) in [4.78, 5) is 25.8. The maximum absolute atomic E-state index is 12.4. The minimum absolute atomic E-state index is 0.0768. The molecule has 1 fully saturated rings. The molecule has 0 radical (unpaired) electrons. The largest absolute Gasteiger partial charge is 0.494 e. The molecule has 0 unspecified atom stereocenters. The third kappa shape index (κ3) is 7.88. The van der Waals surface area contributed by atoms with Gasteiger partial charge in [0.2, 0.25) is 17.7 Å². The van der Waals surface area contributed by atoms with E-state index in [0.717, 1.165) is 37.4 Å². The van der Waals surface area contributed by atoms with E-state index >= 15 is 0 Å². The monoisotopic (exact) mass is 588 g/mol. The smallest absolute Gasteiger partial charge is 0.250 e. The average molecular weight is 589 g/mol. The molecule has 3 aromatic carbocycles. The number of hydrogen-bond donors (Lipinski definition) is 2. The van der Waals surface area contributed by atoms with E-state index in [2.05, 4.69) is 43.5 Å². The zero-order valence-electron chi connectivity index (χ0n) is 23.5. The summed E-state index contributed by atoms with van der Waals surface area (Å²) in [5, 5.41) is 6.25. The summed E-state index contributed by atoms with van der Waals surface area (Å²) in [5.41, 5.74) is 3.36. The fourth-order valence-corrected chi connectivity index (χ4v) is 4.56. The topological polar surface area (TPSA) is 101 Å². The predicted octanol–water partition coefficient (Wildman–Crippen LogP) is 5.58. The molecule has 1 aliphatic heterocycles. The minimum atomic E-state index is -0.276. The number of benzene rings is 3. The fraction of sp³-hybridized carbons (Fsp3) is 0.258. The first-order chi connectivity index (χ1) is 20.5. The third-order valence-corrected chi connectivity index (χ3v) is 6.95. The SMILES string of the molecule is COc1cc(N2CCN(C)CC2)ccc1Nc1ncc(Cl)c(Oc2cccc(NC(=O)COCc3ccccc3)c2)n1. The lowest BCUT2D eigenvalue weighted by Gasteiger charge is -2.34.